The van der Waals surface area contributed by atoms with Gasteiger partial charge in [0.05, 0.1) is 36.6 Å². The number of aromatic nitrogens is 6. The maximum absolute atomic E-state index is 15.1. The Morgan fingerprint density at radius 2 is 1.76 bits per heavy atom. The minimum absolute atomic E-state index is 0.0158. The van der Waals surface area contributed by atoms with E-state index >= 15 is 4.39 Å². The van der Waals surface area contributed by atoms with Gasteiger partial charge in [0.25, 0.3) is 5.43 Å². The van der Waals surface area contributed by atoms with E-state index in [0.29, 0.717) is 5.69 Å². The molecule has 188 valence electrons. The minimum Gasteiger partial charge on any atom is -0.491 e. The van der Waals surface area contributed by atoms with Crippen molar-refractivity contribution in [2.75, 3.05) is 7.11 Å². The second-order valence-corrected chi connectivity index (χ2v) is 7.58. The lowest BCUT2D eigenvalue weighted by Gasteiger charge is -2.14. The van der Waals surface area contributed by atoms with Gasteiger partial charge in [0.15, 0.2) is 17.3 Å². The minimum atomic E-state index is -4.88. The Balaban J connectivity index is 1.60. The van der Waals surface area contributed by atoms with Crippen LogP contribution in [-0.4, -0.2) is 42.8 Å². The number of rotatable bonds is 6. The van der Waals surface area contributed by atoms with Crippen LogP contribution in [0.1, 0.15) is 0 Å². The topological polar surface area (TPSA) is 89.0 Å². The van der Waals surface area contributed by atoms with Crippen molar-refractivity contribution >= 4 is 0 Å². The molecule has 0 spiro atoms. The van der Waals surface area contributed by atoms with Gasteiger partial charge in [-0.1, -0.05) is 6.07 Å². The van der Waals surface area contributed by atoms with Crippen LogP contribution < -0.4 is 14.9 Å². The third kappa shape index (κ3) is 4.78. The summed E-state index contributed by atoms with van der Waals surface area (Å²) in [6, 6.07) is 12.5. The molecule has 3 aromatic heterocycles. The quantitative estimate of drug-likeness (QED) is 0.315. The number of ether oxygens (including phenoxy) is 2. The number of hydrogen-bond donors (Lipinski definition) is 0. The third-order valence-electron chi connectivity index (χ3n) is 5.23. The van der Waals surface area contributed by atoms with Crippen LogP contribution in [0.25, 0.3) is 28.5 Å². The van der Waals surface area contributed by atoms with Crippen LogP contribution in [0.5, 0.6) is 11.5 Å². The highest BCUT2D eigenvalue weighted by Gasteiger charge is 2.31. The van der Waals surface area contributed by atoms with Gasteiger partial charge in [0, 0.05) is 24.5 Å². The molecule has 9 nitrogen and oxygen atoms in total. The molecule has 37 heavy (non-hydrogen) atoms. The van der Waals surface area contributed by atoms with Crippen molar-refractivity contribution in [3.05, 3.63) is 95.4 Å². The van der Waals surface area contributed by atoms with Gasteiger partial charge in [-0.25, -0.2) is 18.4 Å². The van der Waals surface area contributed by atoms with E-state index in [1.165, 1.54) is 59.2 Å². The number of nitrogens with zero attached hydrogens (tertiary/aromatic N) is 6. The Morgan fingerprint density at radius 3 is 2.46 bits per heavy atom. The van der Waals surface area contributed by atoms with Gasteiger partial charge in [-0.15, -0.1) is 13.2 Å². The summed E-state index contributed by atoms with van der Waals surface area (Å²) in [6.07, 6.45) is 0.904. The largest absolute Gasteiger partial charge is 0.573 e. The summed E-state index contributed by atoms with van der Waals surface area (Å²) in [6.45, 7) is 0. The monoisotopic (exact) mass is 512 g/mol. The Labute approximate surface area is 205 Å². The Bertz CT molecular complexity index is 1630. The van der Waals surface area contributed by atoms with Crippen LogP contribution in [0.2, 0.25) is 0 Å². The van der Waals surface area contributed by atoms with Crippen LogP contribution in [0.3, 0.4) is 0 Å². The Morgan fingerprint density at radius 1 is 0.919 bits per heavy atom. The van der Waals surface area contributed by atoms with E-state index in [9.17, 15) is 18.0 Å². The normalized spacial score (nSPS) is 11.5. The van der Waals surface area contributed by atoms with Gasteiger partial charge in [-0.2, -0.15) is 15.3 Å². The van der Waals surface area contributed by atoms with Gasteiger partial charge in [0.2, 0.25) is 0 Å². The number of benzene rings is 2. The molecular weight excluding hydrogens is 496 g/mol. The molecule has 3 heterocycles. The molecule has 13 heteroatoms. The van der Waals surface area contributed by atoms with E-state index in [0.717, 1.165) is 16.8 Å². The molecule has 5 rings (SSSR count). The van der Waals surface area contributed by atoms with Gasteiger partial charge in [-0.3, -0.25) is 4.79 Å². The smallest absolute Gasteiger partial charge is 0.491 e. The summed E-state index contributed by atoms with van der Waals surface area (Å²) in [5.41, 5.74) is -0.00520. The standard InChI is InChI=1S/C24H16F4N6O3/c1-36-21-14-33(19-7-6-15(13-18(19)25)32-11-3-9-29-32)31-22(23(21)35)20-8-10-30-34(20)16-4-2-5-17(12-16)37-24(26,27)28/h2-14H,1H3. The average Bonchev–Trinajstić information content (AvgIpc) is 3.56. The lowest BCUT2D eigenvalue weighted by molar-refractivity contribution is -0.274. The third-order valence-corrected chi connectivity index (χ3v) is 5.23. The van der Waals surface area contributed by atoms with E-state index in [1.807, 2.05) is 0 Å². The molecule has 0 atom stereocenters. The van der Waals surface area contributed by atoms with Gasteiger partial charge in [0.1, 0.15) is 11.4 Å². The zero-order valence-electron chi connectivity index (χ0n) is 18.9. The molecule has 0 N–H and O–H groups in total. The SMILES string of the molecule is COc1cn(-c2ccc(-n3cccn3)cc2F)nc(-c2ccnn2-c2cccc(OC(F)(F)F)c2)c1=O. The second kappa shape index (κ2) is 9.26. The molecule has 0 saturated carbocycles. The van der Waals surface area contributed by atoms with E-state index in [-0.39, 0.29) is 28.5 Å². The maximum atomic E-state index is 15.1. The molecule has 0 amide bonds. The maximum Gasteiger partial charge on any atom is 0.573 e. The van der Waals surface area contributed by atoms with E-state index < -0.39 is 23.4 Å². The van der Waals surface area contributed by atoms with E-state index in [1.54, 1.807) is 24.5 Å². The second-order valence-electron chi connectivity index (χ2n) is 7.58. The zero-order valence-corrected chi connectivity index (χ0v) is 18.9. The predicted molar refractivity (Wildman–Crippen MR) is 123 cm³/mol. The van der Waals surface area contributed by atoms with E-state index in [2.05, 4.69) is 20.0 Å². The van der Waals surface area contributed by atoms with Crippen molar-refractivity contribution in [2.24, 2.45) is 0 Å². The fraction of sp³-hybridized carbons (Fsp3) is 0.0833. The molecule has 2 aromatic carbocycles. The predicted octanol–water partition coefficient (Wildman–Crippen LogP) is 4.32. The summed E-state index contributed by atoms with van der Waals surface area (Å²) < 4.78 is 66.2. The van der Waals surface area contributed by atoms with Crippen LogP contribution in [0.15, 0.2) is 84.2 Å². The number of hydrogen-bond acceptors (Lipinski definition) is 6. The van der Waals surface area contributed by atoms with Crippen molar-refractivity contribution in [3.8, 4) is 39.9 Å². The fourth-order valence-electron chi connectivity index (χ4n) is 3.65. The molecule has 0 fully saturated rings. The molecule has 0 aliphatic rings. The Kier molecular flexibility index (Phi) is 5.95. The molecule has 0 bridgehead atoms. The molecule has 0 aliphatic heterocycles. The summed E-state index contributed by atoms with van der Waals surface area (Å²) >= 11 is 0. The van der Waals surface area contributed by atoms with Crippen molar-refractivity contribution < 1.29 is 27.0 Å². The summed E-state index contributed by atoms with van der Waals surface area (Å²) in [4.78, 5) is 13.1. The molecule has 0 radical (unpaired) electrons. The highest BCUT2D eigenvalue weighted by atomic mass is 19.4. The molecular formula is C24H16F4N6O3. The highest BCUT2D eigenvalue weighted by molar-refractivity contribution is 5.60. The van der Waals surface area contributed by atoms with Crippen molar-refractivity contribution in [2.45, 2.75) is 6.36 Å². The Hall–Kier alpha value is -4.94. The summed E-state index contributed by atoms with van der Waals surface area (Å²) in [7, 11) is 1.28. The number of alkyl halides is 3. The number of methoxy groups -OCH3 is 1. The van der Waals surface area contributed by atoms with Crippen LogP contribution >= 0.6 is 0 Å². The fourth-order valence-corrected chi connectivity index (χ4v) is 3.65. The molecule has 0 unspecified atom stereocenters. The lowest BCUT2D eigenvalue weighted by Crippen LogP contribution is -2.19. The first-order valence-corrected chi connectivity index (χ1v) is 10.6. The lowest BCUT2D eigenvalue weighted by atomic mass is 10.2. The van der Waals surface area contributed by atoms with Crippen LogP contribution in [-0.2, 0) is 0 Å². The summed E-state index contributed by atoms with van der Waals surface area (Å²) in [5, 5.41) is 12.5. The van der Waals surface area contributed by atoms with E-state index in [4.69, 9.17) is 4.74 Å². The summed E-state index contributed by atoms with van der Waals surface area (Å²) in [5.74, 6) is -1.26. The number of halogens is 4. The average molecular weight is 512 g/mol. The van der Waals surface area contributed by atoms with Gasteiger partial charge < -0.3 is 9.47 Å². The molecule has 0 saturated heterocycles. The van der Waals surface area contributed by atoms with Gasteiger partial charge >= 0.3 is 6.36 Å². The van der Waals surface area contributed by atoms with Crippen LogP contribution in [0.4, 0.5) is 17.6 Å². The first-order chi connectivity index (χ1) is 17.7. The molecule has 0 aliphatic carbocycles. The van der Waals surface area contributed by atoms with Gasteiger partial charge in [-0.05, 0) is 36.4 Å². The first kappa shape index (κ1) is 23.8. The van der Waals surface area contributed by atoms with Crippen molar-refractivity contribution in [1.82, 2.24) is 29.3 Å². The van der Waals surface area contributed by atoms with Crippen molar-refractivity contribution in [1.29, 1.82) is 0 Å². The zero-order chi connectivity index (χ0) is 26.2. The first-order valence-electron chi connectivity index (χ1n) is 10.6. The molecule has 5 aromatic rings. The van der Waals surface area contributed by atoms with Crippen LogP contribution in [0, 0.1) is 5.82 Å². The van der Waals surface area contributed by atoms with Crippen molar-refractivity contribution in [3.63, 3.8) is 0 Å². The highest BCUT2D eigenvalue weighted by Crippen LogP contribution is 2.27.